The van der Waals surface area contributed by atoms with Gasteiger partial charge in [0.2, 0.25) is 0 Å². The molecule has 5 rings (SSSR count). The number of amides is 1. The number of carbonyl (C=O) groups is 1. The van der Waals surface area contributed by atoms with E-state index < -0.39 is 0 Å². The number of carbonyl (C=O) groups excluding carboxylic acids is 1. The van der Waals surface area contributed by atoms with Crippen molar-refractivity contribution < 1.29 is 9.53 Å². The highest BCUT2D eigenvalue weighted by atomic mass is 35.5. The molecule has 2 N–H and O–H groups in total. The lowest BCUT2D eigenvalue weighted by Crippen LogP contribution is -2.35. The van der Waals surface area contributed by atoms with E-state index in [4.69, 9.17) is 16.3 Å². The monoisotopic (exact) mass is 462 g/mol. The molecule has 4 heterocycles. The van der Waals surface area contributed by atoms with Crippen LogP contribution < -0.4 is 5.32 Å². The van der Waals surface area contributed by atoms with Crippen molar-refractivity contribution in [3.63, 3.8) is 0 Å². The van der Waals surface area contributed by atoms with Crippen LogP contribution in [0, 0.1) is 6.92 Å². The second-order valence-electron chi connectivity index (χ2n) is 8.08. The highest BCUT2D eigenvalue weighted by molar-refractivity contribution is 6.30. The van der Waals surface area contributed by atoms with Crippen LogP contribution in [0.15, 0.2) is 55.0 Å². The Hall–Kier alpha value is -3.49. The Morgan fingerprint density at radius 1 is 1.27 bits per heavy atom. The van der Waals surface area contributed by atoms with Crippen LogP contribution >= 0.6 is 11.6 Å². The summed E-state index contributed by atoms with van der Waals surface area (Å²) in [6, 6.07) is 11.6. The number of imidazole rings is 1. The summed E-state index contributed by atoms with van der Waals surface area (Å²) < 4.78 is 7.21. The predicted molar refractivity (Wildman–Crippen MR) is 125 cm³/mol. The second kappa shape index (κ2) is 9.17. The van der Waals surface area contributed by atoms with Crippen LogP contribution in [-0.2, 0) is 11.3 Å². The number of hydrogen-bond donors (Lipinski definition) is 2. The van der Waals surface area contributed by atoms with Crippen LogP contribution in [-0.4, -0.2) is 49.9 Å². The smallest absolute Gasteiger partial charge is 0.272 e. The predicted octanol–water partition coefficient (Wildman–Crippen LogP) is 3.86. The van der Waals surface area contributed by atoms with Crippen molar-refractivity contribution in [2.45, 2.75) is 25.9 Å². The number of aryl methyl sites for hydroxylation is 1. The van der Waals surface area contributed by atoms with E-state index in [1.807, 2.05) is 60.4 Å². The summed E-state index contributed by atoms with van der Waals surface area (Å²) in [5.41, 5.74) is 4.78. The lowest BCUT2D eigenvalue weighted by Gasteiger charge is -2.09. The van der Waals surface area contributed by atoms with Gasteiger partial charge in [-0.15, -0.1) is 0 Å². The van der Waals surface area contributed by atoms with E-state index in [1.165, 1.54) is 0 Å². The highest BCUT2D eigenvalue weighted by Crippen LogP contribution is 2.24. The summed E-state index contributed by atoms with van der Waals surface area (Å²) in [6.07, 6.45) is 6.36. The first kappa shape index (κ1) is 21.4. The summed E-state index contributed by atoms with van der Waals surface area (Å²) >= 11 is 5.97. The topological polar surface area (TPSA) is 97.7 Å². The molecule has 0 radical (unpaired) electrons. The molecule has 8 nitrogen and oxygen atoms in total. The van der Waals surface area contributed by atoms with E-state index in [1.54, 1.807) is 6.20 Å². The normalized spacial score (nSPS) is 15.6. The third kappa shape index (κ3) is 4.81. The van der Waals surface area contributed by atoms with Crippen LogP contribution in [0.25, 0.3) is 22.6 Å². The van der Waals surface area contributed by atoms with E-state index in [0.29, 0.717) is 47.7 Å². The molecule has 0 aliphatic carbocycles. The number of rotatable bonds is 6. The SMILES string of the molecule is Cc1[nH]c(-c2cc(-c3cnn(Cc4ccc(Cl)cc4)c3)ccn2)nc1C(=O)NC1CCOC1. The number of H-pyrrole nitrogens is 1. The van der Waals surface area contributed by atoms with Crippen LogP contribution in [0.2, 0.25) is 5.02 Å². The van der Waals surface area contributed by atoms with Gasteiger partial charge in [-0.2, -0.15) is 5.10 Å². The van der Waals surface area contributed by atoms with Crippen LogP contribution in [0.1, 0.15) is 28.2 Å². The van der Waals surface area contributed by atoms with E-state index >= 15 is 0 Å². The zero-order chi connectivity index (χ0) is 22.8. The minimum atomic E-state index is -0.204. The number of aromatic amines is 1. The molecular formula is C24H23ClN6O2. The van der Waals surface area contributed by atoms with Gasteiger partial charge in [-0.3, -0.25) is 14.5 Å². The molecule has 168 valence electrons. The van der Waals surface area contributed by atoms with Gasteiger partial charge in [-0.05, 0) is 48.7 Å². The Bertz CT molecular complexity index is 1270. The molecule has 3 aromatic heterocycles. The molecule has 9 heteroatoms. The Morgan fingerprint density at radius 2 is 2.12 bits per heavy atom. The van der Waals surface area contributed by atoms with Crippen molar-refractivity contribution in [2.75, 3.05) is 13.2 Å². The number of nitrogens with one attached hydrogen (secondary N) is 2. The minimum absolute atomic E-state index is 0.0305. The molecule has 0 spiro atoms. The molecule has 1 aromatic carbocycles. The first-order valence-corrected chi connectivity index (χ1v) is 11.1. The Kier molecular flexibility index (Phi) is 5.93. The number of pyridine rings is 1. The van der Waals surface area contributed by atoms with Gasteiger partial charge in [0.05, 0.1) is 25.4 Å². The van der Waals surface area contributed by atoms with Crippen molar-refractivity contribution in [3.8, 4) is 22.6 Å². The van der Waals surface area contributed by atoms with Gasteiger partial charge in [0.1, 0.15) is 11.4 Å². The molecule has 4 aromatic rings. The first-order chi connectivity index (χ1) is 16.0. The van der Waals surface area contributed by atoms with E-state index in [2.05, 4.69) is 25.4 Å². The largest absolute Gasteiger partial charge is 0.379 e. The summed E-state index contributed by atoms with van der Waals surface area (Å²) in [5, 5.41) is 8.17. The molecule has 1 amide bonds. The number of ether oxygens (including phenoxy) is 1. The third-order valence-corrected chi connectivity index (χ3v) is 5.84. The molecule has 33 heavy (non-hydrogen) atoms. The molecule has 0 bridgehead atoms. The Labute approximate surface area is 196 Å². The number of halogens is 1. The quantitative estimate of drug-likeness (QED) is 0.453. The van der Waals surface area contributed by atoms with Crippen molar-refractivity contribution in [2.24, 2.45) is 0 Å². The lowest BCUT2D eigenvalue weighted by atomic mass is 10.1. The first-order valence-electron chi connectivity index (χ1n) is 10.7. The fourth-order valence-corrected chi connectivity index (χ4v) is 3.95. The van der Waals surface area contributed by atoms with Gasteiger partial charge in [0.25, 0.3) is 5.91 Å². The molecule has 0 saturated carbocycles. The maximum Gasteiger partial charge on any atom is 0.272 e. The average Bonchev–Trinajstić information content (AvgIpc) is 3.57. The van der Waals surface area contributed by atoms with Crippen molar-refractivity contribution in [1.29, 1.82) is 0 Å². The second-order valence-corrected chi connectivity index (χ2v) is 8.51. The van der Waals surface area contributed by atoms with Gasteiger partial charge in [0.15, 0.2) is 5.82 Å². The standard InChI is InChI=1S/C24H23ClN6O2/c1-15-22(24(32)29-20-7-9-33-14-20)30-23(28-15)21-10-17(6-8-26-21)18-11-27-31(13-18)12-16-2-4-19(25)5-3-16/h2-6,8,10-11,13,20H,7,9,12,14H2,1H3,(H,28,30)(H,29,32). The molecule has 1 unspecified atom stereocenters. The number of aromatic nitrogens is 5. The minimum Gasteiger partial charge on any atom is -0.379 e. The lowest BCUT2D eigenvalue weighted by molar-refractivity contribution is 0.0925. The number of nitrogens with zero attached hydrogens (tertiary/aromatic N) is 4. The van der Waals surface area contributed by atoms with Crippen LogP contribution in [0.4, 0.5) is 0 Å². The molecule has 1 atom stereocenters. The summed E-state index contributed by atoms with van der Waals surface area (Å²) in [7, 11) is 0. The summed E-state index contributed by atoms with van der Waals surface area (Å²) in [4.78, 5) is 24.8. The van der Waals surface area contributed by atoms with Gasteiger partial charge < -0.3 is 15.0 Å². The maximum absolute atomic E-state index is 12.6. The Balaban J connectivity index is 1.34. The van der Waals surface area contributed by atoms with Crippen molar-refractivity contribution in [1.82, 2.24) is 30.0 Å². The van der Waals surface area contributed by atoms with Crippen molar-refractivity contribution in [3.05, 3.63) is 77.0 Å². The zero-order valence-corrected chi connectivity index (χ0v) is 18.8. The fourth-order valence-electron chi connectivity index (χ4n) is 3.82. The third-order valence-electron chi connectivity index (χ3n) is 5.59. The van der Waals surface area contributed by atoms with E-state index in [0.717, 1.165) is 23.1 Å². The number of hydrogen-bond acceptors (Lipinski definition) is 5. The molecule has 1 aliphatic rings. The van der Waals surface area contributed by atoms with Gasteiger partial charge in [0, 0.05) is 35.3 Å². The van der Waals surface area contributed by atoms with E-state index in [-0.39, 0.29) is 11.9 Å². The molecule has 1 aliphatic heterocycles. The molecule has 1 fully saturated rings. The maximum atomic E-state index is 12.6. The summed E-state index contributed by atoms with van der Waals surface area (Å²) in [5.74, 6) is 0.348. The average molecular weight is 463 g/mol. The zero-order valence-electron chi connectivity index (χ0n) is 18.1. The van der Waals surface area contributed by atoms with Gasteiger partial charge in [-0.1, -0.05) is 23.7 Å². The van der Waals surface area contributed by atoms with Crippen molar-refractivity contribution >= 4 is 17.5 Å². The number of benzene rings is 1. The highest BCUT2D eigenvalue weighted by Gasteiger charge is 2.22. The summed E-state index contributed by atoms with van der Waals surface area (Å²) in [6.45, 7) is 3.69. The molecular weight excluding hydrogens is 440 g/mol. The molecule has 1 saturated heterocycles. The van der Waals surface area contributed by atoms with Gasteiger partial charge in [-0.25, -0.2) is 4.98 Å². The van der Waals surface area contributed by atoms with Crippen LogP contribution in [0.3, 0.4) is 0 Å². The Morgan fingerprint density at radius 3 is 2.91 bits per heavy atom. The van der Waals surface area contributed by atoms with E-state index in [9.17, 15) is 4.79 Å². The van der Waals surface area contributed by atoms with Gasteiger partial charge >= 0.3 is 0 Å². The fraction of sp³-hybridized carbons (Fsp3) is 0.250. The van der Waals surface area contributed by atoms with Crippen LogP contribution in [0.5, 0.6) is 0 Å².